The second kappa shape index (κ2) is 8.94. The van der Waals surface area contributed by atoms with E-state index in [4.69, 9.17) is 20.6 Å². The van der Waals surface area contributed by atoms with E-state index in [0.29, 0.717) is 24.4 Å². The highest BCUT2D eigenvalue weighted by Gasteiger charge is 2.30. The number of pyridine rings is 1. The van der Waals surface area contributed by atoms with Gasteiger partial charge in [-0.25, -0.2) is 9.67 Å². The van der Waals surface area contributed by atoms with Gasteiger partial charge < -0.3 is 15.8 Å². The van der Waals surface area contributed by atoms with E-state index in [0.717, 1.165) is 29.6 Å². The van der Waals surface area contributed by atoms with Crippen LogP contribution in [0.2, 0.25) is 0 Å². The van der Waals surface area contributed by atoms with Crippen LogP contribution in [0.5, 0.6) is 0 Å². The highest BCUT2D eigenvalue weighted by atomic mass is 16.5. The fraction of sp³-hybridized carbons (Fsp3) is 0.652. The molecule has 8 heteroatoms. The predicted molar refractivity (Wildman–Crippen MR) is 120 cm³/mol. The lowest BCUT2D eigenvalue weighted by Crippen LogP contribution is -2.44. The number of primary amides is 1. The lowest BCUT2D eigenvalue weighted by Gasteiger charge is -2.30. The quantitative estimate of drug-likeness (QED) is 0.733. The summed E-state index contributed by atoms with van der Waals surface area (Å²) in [6.45, 7) is 13.5. The van der Waals surface area contributed by atoms with Crippen LogP contribution in [-0.2, 0) is 15.1 Å². The largest absolute Gasteiger partial charge is 0.381 e. The van der Waals surface area contributed by atoms with Gasteiger partial charge in [-0.2, -0.15) is 5.10 Å². The molecular weight excluding hydrogens is 394 g/mol. The number of nitrogens with two attached hydrogens (primary N) is 1. The molecule has 2 aromatic rings. The molecule has 0 radical (unpaired) electrons. The molecule has 2 amide bonds. The van der Waals surface area contributed by atoms with Crippen LogP contribution in [0.15, 0.2) is 6.07 Å². The van der Waals surface area contributed by atoms with E-state index < -0.39 is 5.91 Å². The molecule has 8 nitrogen and oxygen atoms in total. The van der Waals surface area contributed by atoms with E-state index in [-0.39, 0.29) is 35.7 Å². The SMILES string of the molecule is Cc1nn(C(C)(C)C)c2nc(C(C)C)cc(C(=O)NC(CC(N)=O)C3CCOCC3)c12. The molecule has 3 rings (SSSR count). The van der Waals surface area contributed by atoms with Crippen LogP contribution in [0, 0.1) is 12.8 Å². The van der Waals surface area contributed by atoms with Crippen molar-refractivity contribution in [3.05, 3.63) is 23.0 Å². The summed E-state index contributed by atoms with van der Waals surface area (Å²) in [6, 6.07) is 1.53. The van der Waals surface area contributed by atoms with Crippen molar-refractivity contribution in [1.29, 1.82) is 0 Å². The minimum absolute atomic E-state index is 0.113. The maximum Gasteiger partial charge on any atom is 0.252 e. The number of rotatable bonds is 6. The Kier molecular flexibility index (Phi) is 6.69. The summed E-state index contributed by atoms with van der Waals surface area (Å²) in [6.07, 6.45) is 1.70. The predicted octanol–water partition coefficient (Wildman–Crippen LogP) is 3.02. The zero-order chi connectivity index (χ0) is 22.9. The number of ether oxygens (including phenoxy) is 1. The Bertz CT molecular complexity index is 968. The van der Waals surface area contributed by atoms with Crippen molar-refractivity contribution in [3.8, 4) is 0 Å². The number of hydrogen-bond acceptors (Lipinski definition) is 5. The molecule has 2 aromatic heterocycles. The van der Waals surface area contributed by atoms with Gasteiger partial charge in [-0.15, -0.1) is 0 Å². The molecule has 31 heavy (non-hydrogen) atoms. The number of carbonyl (C=O) groups is 2. The van der Waals surface area contributed by atoms with E-state index in [1.165, 1.54) is 0 Å². The first kappa shape index (κ1) is 23.2. The van der Waals surface area contributed by atoms with Gasteiger partial charge in [-0.3, -0.25) is 9.59 Å². The van der Waals surface area contributed by atoms with Crippen LogP contribution in [0.1, 0.15) is 81.5 Å². The summed E-state index contributed by atoms with van der Waals surface area (Å²) < 4.78 is 7.33. The van der Waals surface area contributed by atoms with Crippen LogP contribution in [0.25, 0.3) is 11.0 Å². The van der Waals surface area contributed by atoms with Crippen LogP contribution < -0.4 is 11.1 Å². The average Bonchev–Trinajstić information content (AvgIpc) is 3.04. The molecule has 3 N–H and O–H groups in total. The van der Waals surface area contributed by atoms with E-state index in [1.807, 2.05) is 17.7 Å². The smallest absolute Gasteiger partial charge is 0.252 e. The molecule has 0 saturated carbocycles. The van der Waals surface area contributed by atoms with E-state index in [9.17, 15) is 9.59 Å². The van der Waals surface area contributed by atoms with Gasteiger partial charge in [0.2, 0.25) is 5.91 Å². The summed E-state index contributed by atoms with van der Waals surface area (Å²) in [5.74, 6) is -0.332. The Balaban J connectivity index is 2.06. The van der Waals surface area contributed by atoms with E-state index in [2.05, 4.69) is 39.9 Å². The normalized spacial score (nSPS) is 16.6. The first-order chi connectivity index (χ1) is 14.5. The van der Waals surface area contributed by atoms with Gasteiger partial charge in [0.15, 0.2) is 5.65 Å². The number of aryl methyl sites for hydroxylation is 1. The van der Waals surface area contributed by atoms with Crippen LogP contribution in [0.4, 0.5) is 0 Å². The first-order valence-corrected chi connectivity index (χ1v) is 11.1. The molecular formula is C23H35N5O3. The number of nitrogens with zero attached hydrogens (tertiary/aromatic N) is 3. The van der Waals surface area contributed by atoms with Crippen LogP contribution >= 0.6 is 0 Å². The number of carbonyl (C=O) groups excluding carboxylic acids is 2. The summed E-state index contributed by atoms with van der Waals surface area (Å²) in [5.41, 5.74) is 8.07. The maximum absolute atomic E-state index is 13.5. The number of hydrogen-bond donors (Lipinski definition) is 2. The Morgan fingerprint density at radius 1 is 1.29 bits per heavy atom. The van der Waals surface area contributed by atoms with Crippen LogP contribution in [-0.4, -0.2) is 45.8 Å². The molecule has 3 heterocycles. The van der Waals surface area contributed by atoms with E-state index >= 15 is 0 Å². The molecule has 1 unspecified atom stereocenters. The van der Waals surface area contributed by atoms with Crippen molar-refractivity contribution in [3.63, 3.8) is 0 Å². The molecule has 0 aromatic carbocycles. The van der Waals surface area contributed by atoms with Crippen molar-refractivity contribution in [2.24, 2.45) is 11.7 Å². The van der Waals surface area contributed by atoms with Crippen LogP contribution in [0.3, 0.4) is 0 Å². The van der Waals surface area contributed by atoms with Gasteiger partial charge in [-0.1, -0.05) is 13.8 Å². The second-order valence-electron chi connectivity index (χ2n) is 9.82. The number of nitrogens with one attached hydrogen (secondary N) is 1. The molecule has 1 fully saturated rings. The fourth-order valence-corrected chi connectivity index (χ4v) is 4.17. The first-order valence-electron chi connectivity index (χ1n) is 11.1. The standard InChI is InChI=1S/C23H35N5O3/c1-13(2)17-11-16(20-14(3)27-28(21(20)25-17)23(4,5)6)22(30)26-18(12-19(24)29)15-7-9-31-10-8-15/h11,13,15,18H,7-10,12H2,1-6H3,(H2,24,29)(H,26,30). The van der Waals surface area contributed by atoms with Gasteiger partial charge in [0, 0.05) is 31.4 Å². The van der Waals surface area contributed by atoms with E-state index in [1.54, 1.807) is 0 Å². The summed E-state index contributed by atoms with van der Waals surface area (Å²) in [4.78, 5) is 30.1. The monoisotopic (exact) mass is 429 g/mol. The zero-order valence-electron chi connectivity index (χ0n) is 19.5. The van der Waals surface area contributed by atoms with Gasteiger partial charge in [-0.05, 0) is 58.4 Å². The molecule has 0 bridgehead atoms. The Morgan fingerprint density at radius 2 is 1.94 bits per heavy atom. The third-order valence-corrected chi connectivity index (χ3v) is 5.88. The third-order valence-electron chi connectivity index (χ3n) is 5.88. The van der Waals surface area contributed by atoms with Crippen molar-refractivity contribution < 1.29 is 14.3 Å². The van der Waals surface area contributed by atoms with Gasteiger partial charge in [0.1, 0.15) is 0 Å². The summed E-state index contributed by atoms with van der Waals surface area (Å²) >= 11 is 0. The van der Waals surface area contributed by atoms with Gasteiger partial charge >= 0.3 is 0 Å². The molecule has 1 aliphatic rings. The van der Waals surface area contributed by atoms with Gasteiger partial charge in [0.05, 0.1) is 22.2 Å². The zero-order valence-corrected chi connectivity index (χ0v) is 19.5. The van der Waals surface area contributed by atoms with Crippen molar-refractivity contribution in [2.45, 2.75) is 78.3 Å². The molecule has 0 aliphatic carbocycles. The number of fused-ring (bicyclic) bond motifs is 1. The molecule has 1 atom stereocenters. The fourth-order valence-electron chi connectivity index (χ4n) is 4.17. The highest BCUT2D eigenvalue weighted by Crippen LogP contribution is 2.29. The topological polar surface area (TPSA) is 112 Å². The maximum atomic E-state index is 13.5. The number of aromatic nitrogens is 3. The number of amides is 2. The summed E-state index contributed by atoms with van der Waals surface area (Å²) in [7, 11) is 0. The Labute approximate surface area is 183 Å². The Hall–Kier alpha value is -2.48. The minimum Gasteiger partial charge on any atom is -0.381 e. The average molecular weight is 430 g/mol. The molecule has 0 spiro atoms. The lowest BCUT2D eigenvalue weighted by molar-refractivity contribution is -0.118. The molecule has 1 saturated heterocycles. The second-order valence-corrected chi connectivity index (χ2v) is 9.82. The Morgan fingerprint density at radius 3 is 2.48 bits per heavy atom. The third kappa shape index (κ3) is 5.06. The molecule has 1 aliphatic heterocycles. The van der Waals surface area contributed by atoms with Gasteiger partial charge in [0.25, 0.3) is 5.91 Å². The highest BCUT2D eigenvalue weighted by molar-refractivity contribution is 6.06. The van der Waals surface area contributed by atoms with Crippen molar-refractivity contribution in [1.82, 2.24) is 20.1 Å². The van der Waals surface area contributed by atoms with Crippen molar-refractivity contribution in [2.75, 3.05) is 13.2 Å². The molecule has 170 valence electrons. The lowest BCUT2D eigenvalue weighted by atomic mass is 9.89. The summed E-state index contributed by atoms with van der Waals surface area (Å²) in [5, 5.41) is 8.56. The minimum atomic E-state index is -0.420. The van der Waals surface area contributed by atoms with Crippen molar-refractivity contribution >= 4 is 22.8 Å².